The van der Waals surface area contributed by atoms with Crippen LogP contribution in [0, 0.1) is 0 Å². The molecule has 0 aromatic heterocycles. The molecule has 2 rings (SSSR count). The summed E-state index contributed by atoms with van der Waals surface area (Å²) in [5, 5.41) is 5.81. The molecule has 0 saturated carbocycles. The molecular formula is C21H28N2O3S. The van der Waals surface area contributed by atoms with Crippen LogP contribution in [0.4, 0.5) is 5.69 Å². The number of hydrogen-bond donors (Lipinski definition) is 2. The average molecular weight is 389 g/mol. The van der Waals surface area contributed by atoms with E-state index in [2.05, 4.69) is 17.6 Å². The van der Waals surface area contributed by atoms with Gasteiger partial charge in [-0.25, -0.2) is 8.42 Å². The number of benzene rings is 2. The largest absolute Gasteiger partial charge is 0.375 e. The van der Waals surface area contributed by atoms with Gasteiger partial charge in [-0.05, 0) is 42.2 Å². The van der Waals surface area contributed by atoms with Crippen LogP contribution in [0.25, 0.3) is 0 Å². The van der Waals surface area contributed by atoms with Gasteiger partial charge >= 0.3 is 0 Å². The molecule has 0 bridgehead atoms. The second kappa shape index (κ2) is 9.55. The third-order valence-electron chi connectivity index (χ3n) is 4.31. The smallest absolute Gasteiger partial charge is 0.239 e. The van der Waals surface area contributed by atoms with Gasteiger partial charge in [0.05, 0.1) is 22.0 Å². The van der Waals surface area contributed by atoms with Gasteiger partial charge in [-0.15, -0.1) is 0 Å². The Morgan fingerprint density at radius 3 is 2.41 bits per heavy atom. The lowest BCUT2D eigenvalue weighted by Gasteiger charge is -2.16. The van der Waals surface area contributed by atoms with Crippen molar-refractivity contribution in [2.24, 2.45) is 0 Å². The van der Waals surface area contributed by atoms with Crippen LogP contribution in [-0.4, -0.2) is 27.4 Å². The molecule has 5 nitrogen and oxygen atoms in total. The van der Waals surface area contributed by atoms with Crippen LogP contribution in [0.5, 0.6) is 0 Å². The molecule has 0 fully saturated rings. The highest BCUT2D eigenvalue weighted by molar-refractivity contribution is 7.91. The summed E-state index contributed by atoms with van der Waals surface area (Å²) in [6.07, 6.45) is 1.92. The van der Waals surface area contributed by atoms with Gasteiger partial charge < -0.3 is 10.6 Å². The fourth-order valence-corrected chi connectivity index (χ4v) is 4.13. The van der Waals surface area contributed by atoms with E-state index in [9.17, 15) is 13.2 Å². The summed E-state index contributed by atoms with van der Waals surface area (Å²) in [6, 6.07) is 13.7. The van der Waals surface area contributed by atoms with Crippen LogP contribution >= 0.6 is 0 Å². The first kappa shape index (κ1) is 21.0. The van der Waals surface area contributed by atoms with E-state index in [1.807, 2.05) is 19.9 Å². The molecule has 0 aliphatic carbocycles. The third-order valence-corrected chi connectivity index (χ3v) is 6.12. The molecule has 0 aliphatic rings. The van der Waals surface area contributed by atoms with Crippen LogP contribution < -0.4 is 10.6 Å². The maximum atomic E-state index is 13.1. The number of sulfone groups is 1. The van der Waals surface area contributed by atoms with Gasteiger partial charge in [0.25, 0.3) is 0 Å². The number of unbranched alkanes of at least 4 members (excludes halogenated alkanes) is 1. The number of amides is 1. The normalized spacial score (nSPS) is 11.4. The Labute approximate surface area is 162 Å². The Morgan fingerprint density at radius 1 is 1.07 bits per heavy atom. The van der Waals surface area contributed by atoms with E-state index in [-0.39, 0.29) is 28.2 Å². The fourth-order valence-electron chi connectivity index (χ4n) is 2.64. The van der Waals surface area contributed by atoms with E-state index in [1.165, 1.54) is 0 Å². The van der Waals surface area contributed by atoms with E-state index in [1.54, 1.807) is 42.5 Å². The van der Waals surface area contributed by atoms with Gasteiger partial charge in [0.15, 0.2) is 0 Å². The minimum Gasteiger partial charge on any atom is -0.375 e. The van der Waals surface area contributed by atoms with Gasteiger partial charge in [0, 0.05) is 6.54 Å². The molecule has 2 aromatic carbocycles. The zero-order chi connectivity index (χ0) is 19.9. The molecule has 0 radical (unpaired) electrons. The van der Waals surface area contributed by atoms with E-state index in [0.29, 0.717) is 12.2 Å². The zero-order valence-electron chi connectivity index (χ0n) is 16.2. The maximum Gasteiger partial charge on any atom is 0.239 e. The predicted octanol–water partition coefficient (Wildman–Crippen LogP) is 3.97. The van der Waals surface area contributed by atoms with Gasteiger partial charge in [-0.3, -0.25) is 4.79 Å². The van der Waals surface area contributed by atoms with Crippen molar-refractivity contribution in [1.29, 1.82) is 0 Å². The summed E-state index contributed by atoms with van der Waals surface area (Å²) in [4.78, 5) is 12.4. The molecule has 0 spiro atoms. The lowest BCUT2D eigenvalue weighted by atomic mass is 10.0. The molecule has 0 aliphatic heterocycles. The van der Waals surface area contributed by atoms with Crippen LogP contribution in [0.1, 0.15) is 45.1 Å². The molecule has 146 valence electrons. The molecule has 27 heavy (non-hydrogen) atoms. The molecule has 0 saturated heterocycles. The Hall–Kier alpha value is -2.34. The Bertz CT molecular complexity index is 862. The van der Waals surface area contributed by atoms with Crippen molar-refractivity contribution in [3.05, 3.63) is 54.1 Å². The summed E-state index contributed by atoms with van der Waals surface area (Å²) >= 11 is 0. The van der Waals surface area contributed by atoms with Gasteiger partial charge in [0.2, 0.25) is 15.7 Å². The highest BCUT2D eigenvalue weighted by atomic mass is 32.2. The SMILES string of the molecule is CCCCNC(=O)CNc1ccc(C(C)C)cc1S(=O)(=O)c1ccccc1. The summed E-state index contributed by atoms with van der Waals surface area (Å²) < 4.78 is 26.3. The zero-order valence-corrected chi connectivity index (χ0v) is 17.0. The standard InChI is InChI=1S/C21H28N2O3S/c1-4-5-13-22-21(24)15-23-19-12-11-17(16(2)3)14-20(19)27(25,26)18-9-7-6-8-10-18/h6-12,14,16,23H,4-5,13,15H2,1-3H3,(H,22,24). The minimum absolute atomic E-state index is 0.0298. The van der Waals surface area contributed by atoms with Crippen molar-refractivity contribution >= 4 is 21.4 Å². The van der Waals surface area contributed by atoms with Crippen molar-refractivity contribution < 1.29 is 13.2 Å². The molecular weight excluding hydrogens is 360 g/mol. The molecule has 0 atom stereocenters. The van der Waals surface area contributed by atoms with Crippen LogP contribution in [0.2, 0.25) is 0 Å². The topological polar surface area (TPSA) is 75.3 Å². The summed E-state index contributed by atoms with van der Waals surface area (Å²) in [6.45, 7) is 6.74. The second-order valence-electron chi connectivity index (χ2n) is 6.78. The molecule has 0 heterocycles. The monoisotopic (exact) mass is 388 g/mol. The average Bonchev–Trinajstić information content (AvgIpc) is 2.67. The first-order chi connectivity index (χ1) is 12.9. The first-order valence-electron chi connectivity index (χ1n) is 9.31. The molecule has 1 amide bonds. The van der Waals surface area contributed by atoms with Crippen molar-refractivity contribution in [2.45, 2.75) is 49.3 Å². The molecule has 2 aromatic rings. The fraction of sp³-hybridized carbons (Fsp3) is 0.381. The van der Waals surface area contributed by atoms with Crippen molar-refractivity contribution in [3.8, 4) is 0 Å². The summed E-state index contributed by atoms with van der Waals surface area (Å²) in [5.74, 6) is 0.0422. The lowest BCUT2D eigenvalue weighted by Crippen LogP contribution is -2.30. The maximum absolute atomic E-state index is 13.1. The Morgan fingerprint density at radius 2 is 1.78 bits per heavy atom. The number of nitrogens with one attached hydrogen (secondary N) is 2. The molecule has 0 unspecified atom stereocenters. The number of anilines is 1. The molecule has 2 N–H and O–H groups in total. The Kier molecular flexibility index (Phi) is 7.42. The highest BCUT2D eigenvalue weighted by Crippen LogP contribution is 2.30. The number of rotatable bonds is 9. The Balaban J connectivity index is 2.31. The summed E-state index contributed by atoms with van der Waals surface area (Å²) in [5.41, 5.74) is 1.37. The van der Waals surface area contributed by atoms with E-state index in [4.69, 9.17) is 0 Å². The molecule has 6 heteroatoms. The van der Waals surface area contributed by atoms with Gasteiger partial charge in [-0.2, -0.15) is 0 Å². The minimum atomic E-state index is -3.69. The van der Waals surface area contributed by atoms with Crippen molar-refractivity contribution in [1.82, 2.24) is 5.32 Å². The van der Waals surface area contributed by atoms with Crippen molar-refractivity contribution in [2.75, 3.05) is 18.4 Å². The van der Waals surface area contributed by atoms with E-state index < -0.39 is 9.84 Å². The first-order valence-corrected chi connectivity index (χ1v) is 10.8. The van der Waals surface area contributed by atoms with E-state index in [0.717, 1.165) is 18.4 Å². The lowest BCUT2D eigenvalue weighted by molar-refractivity contribution is -0.119. The number of carbonyl (C=O) groups is 1. The van der Waals surface area contributed by atoms with Crippen molar-refractivity contribution in [3.63, 3.8) is 0 Å². The van der Waals surface area contributed by atoms with E-state index >= 15 is 0 Å². The second-order valence-corrected chi connectivity index (χ2v) is 8.70. The van der Waals surface area contributed by atoms with Gasteiger partial charge in [0.1, 0.15) is 0 Å². The third kappa shape index (κ3) is 5.57. The van der Waals surface area contributed by atoms with Crippen LogP contribution in [0.15, 0.2) is 58.3 Å². The highest BCUT2D eigenvalue weighted by Gasteiger charge is 2.22. The quantitative estimate of drug-likeness (QED) is 0.637. The number of hydrogen-bond acceptors (Lipinski definition) is 4. The van der Waals surface area contributed by atoms with Crippen LogP contribution in [-0.2, 0) is 14.6 Å². The summed E-state index contributed by atoms with van der Waals surface area (Å²) in [7, 11) is -3.69. The van der Waals surface area contributed by atoms with Crippen LogP contribution in [0.3, 0.4) is 0 Å². The number of carbonyl (C=O) groups excluding carboxylic acids is 1. The van der Waals surface area contributed by atoms with Gasteiger partial charge in [-0.1, -0.05) is 51.5 Å². The predicted molar refractivity (Wildman–Crippen MR) is 109 cm³/mol.